The van der Waals surface area contributed by atoms with Crippen molar-refractivity contribution in [2.75, 3.05) is 0 Å². The molecule has 0 amide bonds. The van der Waals surface area contributed by atoms with E-state index in [2.05, 4.69) is 9.98 Å². The molecule has 26 heavy (non-hydrogen) atoms. The second-order valence-corrected chi connectivity index (χ2v) is 5.98. The fourth-order valence-corrected chi connectivity index (χ4v) is 2.58. The molecule has 0 bridgehead atoms. The lowest BCUT2D eigenvalue weighted by atomic mass is 10.1. The first-order valence-corrected chi connectivity index (χ1v) is 8.37. The molecule has 0 radical (unpaired) electrons. The van der Waals surface area contributed by atoms with E-state index in [1.807, 2.05) is 49.4 Å². The molecule has 2 aromatic carbocycles. The summed E-state index contributed by atoms with van der Waals surface area (Å²) in [4.78, 5) is 8.89. The third kappa shape index (κ3) is 4.42. The fraction of sp³-hybridized carbons (Fsp3) is 0.0909. The van der Waals surface area contributed by atoms with Gasteiger partial charge in [0, 0.05) is 17.3 Å². The Bertz CT molecular complexity index is 946. The van der Waals surface area contributed by atoms with Gasteiger partial charge >= 0.3 is 0 Å². The number of nitrogens with two attached hydrogens (primary N) is 1. The number of hydrogen-bond acceptors (Lipinski definition) is 3. The van der Waals surface area contributed by atoms with Crippen LogP contribution in [-0.2, 0) is 6.54 Å². The third-order valence-corrected chi connectivity index (χ3v) is 3.94. The normalized spacial score (nSPS) is 12.2. The zero-order valence-corrected chi connectivity index (χ0v) is 14.6. The molecule has 3 rings (SSSR count). The number of hydrogen-bond donors (Lipinski definition) is 1. The minimum Gasteiger partial charge on any atom is -0.397 e. The molecule has 130 valence electrons. The molecule has 1 heterocycles. The maximum Gasteiger partial charge on any atom is 0.128 e. The van der Waals surface area contributed by atoms with Gasteiger partial charge in [0.25, 0.3) is 0 Å². The lowest BCUT2D eigenvalue weighted by molar-refractivity contribution is 0.611. The molecular formula is C22H20FN3. The van der Waals surface area contributed by atoms with Gasteiger partial charge in [-0.2, -0.15) is 0 Å². The van der Waals surface area contributed by atoms with Crippen LogP contribution in [0.4, 0.5) is 4.39 Å². The molecule has 0 spiro atoms. The Balaban J connectivity index is 1.99. The first-order chi connectivity index (χ1) is 12.6. The van der Waals surface area contributed by atoms with Crippen LogP contribution in [0.25, 0.3) is 5.70 Å². The molecule has 4 heteroatoms. The molecule has 0 saturated heterocycles. The lowest BCUT2D eigenvalue weighted by Crippen LogP contribution is -2.06. The minimum absolute atomic E-state index is 0.238. The van der Waals surface area contributed by atoms with Crippen molar-refractivity contribution < 1.29 is 4.39 Å². The molecule has 1 aromatic heterocycles. The number of aliphatic imine (C=N–C) groups is 1. The van der Waals surface area contributed by atoms with E-state index in [1.165, 1.54) is 6.07 Å². The quantitative estimate of drug-likeness (QED) is 0.691. The van der Waals surface area contributed by atoms with E-state index < -0.39 is 0 Å². The van der Waals surface area contributed by atoms with Crippen molar-refractivity contribution in [1.82, 2.24) is 4.98 Å². The molecule has 2 N–H and O–H groups in total. The van der Waals surface area contributed by atoms with Gasteiger partial charge in [0.1, 0.15) is 5.82 Å². The summed E-state index contributed by atoms with van der Waals surface area (Å²) in [5.41, 5.74) is 10.7. The zero-order chi connectivity index (χ0) is 18.4. The molecule has 0 atom stereocenters. The summed E-state index contributed by atoms with van der Waals surface area (Å²) in [5.74, 6) is -0.262. The smallest absolute Gasteiger partial charge is 0.128 e. The Labute approximate surface area is 152 Å². The van der Waals surface area contributed by atoms with Crippen LogP contribution in [0.1, 0.15) is 22.4 Å². The van der Waals surface area contributed by atoms with Crippen molar-refractivity contribution in [3.8, 4) is 0 Å². The van der Waals surface area contributed by atoms with Crippen LogP contribution in [0, 0.1) is 12.7 Å². The van der Waals surface area contributed by atoms with Gasteiger partial charge in [0.2, 0.25) is 0 Å². The van der Waals surface area contributed by atoms with Crippen molar-refractivity contribution in [3.05, 3.63) is 107 Å². The summed E-state index contributed by atoms with van der Waals surface area (Å²) in [6.45, 7) is 2.26. The maximum absolute atomic E-state index is 13.9. The summed E-state index contributed by atoms with van der Waals surface area (Å²) in [7, 11) is 0. The van der Waals surface area contributed by atoms with Gasteiger partial charge in [-0.25, -0.2) is 4.39 Å². The SMILES string of the molecule is Cc1cccc(C(C=C(N)c2ccccn2)=NCc2ccccc2F)c1. The topological polar surface area (TPSA) is 51.3 Å². The zero-order valence-electron chi connectivity index (χ0n) is 14.6. The number of benzene rings is 2. The van der Waals surface area contributed by atoms with Crippen molar-refractivity contribution in [3.63, 3.8) is 0 Å². The van der Waals surface area contributed by atoms with Gasteiger partial charge < -0.3 is 5.73 Å². The predicted octanol–water partition coefficient (Wildman–Crippen LogP) is 4.52. The summed E-state index contributed by atoms with van der Waals surface area (Å²) < 4.78 is 13.9. The van der Waals surface area contributed by atoms with E-state index in [4.69, 9.17) is 5.73 Å². The summed E-state index contributed by atoms with van der Waals surface area (Å²) in [6, 6.07) is 20.2. The van der Waals surface area contributed by atoms with E-state index in [0.29, 0.717) is 22.7 Å². The monoisotopic (exact) mass is 345 g/mol. The Kier molecular flexibility index (Phi) is 5.54. The Hall–Kier alpha value is -3.27. The number of rotatable bonds is 5. The van der Waals surface area contributed by atoms with E-state index >= 15 is 0 Å². The predicted molar refractivity (Wildman–Crippen MR) is 104 cm³/mol. The van der Waals surface area contributed by atoms with Crippen molar-refractivity contribution in [2.24, 2.45) is 10.7 Å². The molecule has 3 nitrogen and oxygen atoms in total. The van der Waals surface area contributed by atoms with Gasteiger partial charge in [-0.05, 0) is 37.3 Å². The molecule has 3 aromatic rings. The molecule has 0 saturated carbocycles. The number of aromatic nitrogens is 1. The highest BCUT2D eigenvalue weighted by atomic mass is 19.1. The lowest BCUT2D eigenvalue weighted by Gasteiger charge is -2.07. The van der Waals surface area contributed by atoms with E-state index in [-0.39, 0.29) is 12.4 Å². The average molecular weight is 345 g/mol. The highest BCUT2D eigenvalue weighted by Gasteiger charge is 2.06. The first-order valence-electron chi connectivity index (χ1n) is 8.37. The van der Waals surface area contributed by atoms with Crippen LogP contribution in [0.5, 0.6) is 0 Å². The Morgan fingerprint density at radius 3 is 2.62 bits per heavy atom. The Morgan fingerprint density at radius 2 is 1.88 bits per heavy atom. The van der Waals surface area contributed by atoms with Crippen molar-refractivity contribution >= 4 is 11.4 Å². The van der Waals surface area contributed by atoms with Gasteiger partial charge in [0.05, 0.1) is 23.6 Å². The molecule has 0 unspecified atom stereocenters. The highest BCUT2D eigenvalue weighted by Crippen LogP contribution is 2.14. The standard InChI is InChI=1S/C22H20FN3/c1-16-7-6-9-17(13-16)22(14-20(24)21-11-4-5-12-25-21)26-15-18-8-2-3-10-19(18)23/h2-14H,15,24H2,1H3. The number of halogens is 1. The molecule has 0 fully saturated rings. The van der Waals surface area contributed by atoms with E-state index in [1.54, 1.807) is 30.5 Å². The second kappa shape index (κ2) is 8.21. The van der Waals surface area contributed by atoms with E-state index in [0.717, 1.165) is 11.1 Å². The average Bonchev–Trinajstić information content (AvgIpc) is 2.67. The van der Waals surface area contributed by atoms with Crippen LogP contribution >= 0.6 is 0 Å². The number of allylic oxidation sites excluding steroid dienone is 1. The number of pyridine rings is 1. The molecular weight excluding hydrogens is 325 g/mol. The van der Waals surface area contributed by atoms with Crippen LogP contribution in [0.2, 0.25) is 0 Å². The summed E-state index contributed by atoms with van der Waals surface area (Å²) in [5, 5.41) is 0. The van der Waals surface area contributed by atoms with Crippen molar-refractivity contribution in [2.45, 2.75) is 13.5 Å². The molecule has 0 aliphatic rings. The van der Waals surface area contributed by atoms with Gasteiger partial charge in [-0.3, -0.25) is 9.98 Å². The maximum atomic E-state index is 13.9. The number of nitrogens with zero attached hydrogens (tertiary/aromatic N) is 2. The Morgan fingerprint density at radius 1 is 1.08 bits per heavy atom. The van der Waals surface area contributed by atoms with Crippen LogP contribution in [0.15, 0.2) is 84.0 Å². The highest BCUT2D eigenvalue weighted by molar-refractivity contribution is 6.12. The fourth-order valence-electron chi connectivity index (χ4n) is 2.58. The first kappa shape index (κ1) is 17.5. The summed E-state index contributed by atoms with van der Waals surface area (Å²) in [6.07, 6.45) is 3.48. The van der Waals surface area contributed by atoms with Crippen LogP contribution < -0.4 is 5.73 Å². The number of aryl methyl sites for hydroxylation is 1. The van der Waals surface area contributed by atoms with Gasteiger partial charge in [0.15, 0.2) is 0 Å². The minimum atomic E-state index is -0.262. The van der Waals surface area contributed by atoms with Gasteiger partial charge in [-0.1, -0.05) is 48.0 Å². The molecule has 0 aliphatic carbocycles. The largest absolute Gasteiger partial charge is 0.397 e. The summed E-state index contributed by atoms with van der Waals surface area (Å²) >= 11 is 0. The van der Waals surface area contributed by atoms with Gasteiger partial charge in [-0.15, -0.1) is 0 Å². The van der Waals surface area contributed by atoms with E-state index in [9.17, 15) is 4.39 Å². The van der Waals surface area contributed by atoms with Crippen LogP contribution in [-0.4, -0.2) is 10.7 Å². The second-order valence-electron chi connectivity index (χ2n) is 5.98. The van der Waals surface area contributed by atoms with Crippen molar-refractivity contribution in [1.29, 1.82) is 0 Å². The molecule has 0 aliphatic heterocycles. The van der Waals surface area contributed by atoms with Crippen LogP contribution in [0.3, 0.4) is 0 Å². The third-order valence-electron chi connectivity index (χ3n) is 3.94.